The van der Waals surface area contributed by atoms with Crippen LogP contribution >= 0.6 is 27.5 Å². The highest BCUT2D eigenvalue weighted by molar-refractivity contribution is 9.10. The molecule has 0 aliphatic rings. The number of aromatic nitrogens is 1. The molecule has 0 radical (unpaired) electrons. The largest absolute Gasteiger partial charge is 0.323 e. The molecule has 1 heterocycles. The van der Waals surface area contributed by atoms with E-state index in [1.165, 1.54) is 6.20 Å². The van der Waals surface area contributed by atoms with Crippen molar-refractivity contribution in [2.24, 2.45) is 5.73 Å². The fraction of sp³-hybridized carbons (Fsp3) is 0.200. The maximum absolute atomic E-state index is 11.5. The van der Waals surface area contributed by atoms with Gasteiger partial charge >= 0.3 is 0 Å². The van der Waals surface area contributed by atoms with Crippen molar-refractivity contribution >= 4 is 39.1 Å². The lowest BCUT2D eigenvalue weighted by molar-refractivity contribution is -0.117. The highest BCUT2D eigenvalue weighted by Crippen LogP contribution is 2.22. The van der Waals surface area contributed by atoms with Crippen molar-refractivity contribution in [3.63, 3.8) is 0 Å². The van der Waals surface area contributed by atoms with Gasteiger partial charge in [-0.15, -0.1) is 6.58 Å². The third-order valence-electron chi connectivity index (χ3n) is 1.82. The lowest BCUT2D eigenvalue weighted by atomic mass is 10.2. The van der Waals surface area contributed by atoms with Crippen LogP contribution in [0.25, 0.3) is 0 Å². The third-order valence-corrected chi connectivity index (χ3v) is 2.96. The smallest absolute Gasteiger partial charge is 0.241 e. The van der Waals surface area contributed by atoms with Crippen LogP contribution in [0, 0.1) is 0 Å². The molecule has 4 nitrogen and oxygen atoms in total. The number of rotatable bonds is 4. The highest BCUT2D eigenvalue weighted by atomic mass is 79.9. The van der Waals surface area contributed by atoms with Crippen molar-refractivity contribution in [3.8, 4) is 0 Å². The Balaban J connectivity index is 2.69. The molecule has 0 fully saturated rings. The summed E-state index contributed by atoms with van der Waals surface area (Å²) in [5.41, 5.74) is 6.14. The van der Waals surface area contributed by atoms with E-state index >= 15 is 0 Å². The molecule has 1 amide bonds. The van der Waals surface area contributed by atoms with Gasteiger partial charge in [0.05, 0.1) is 22.4 Å². The molecule has 1 aromatic rings. The number of nitrogens with one attached hydrogen (secondary N) is 1. The van der Waals surface area contributed by atoms with Gasteiger partial charge in [0.15, 0.2) is 0 Å². The molecular formula is C10H11BrClN3O. The molecule has 1 atom stereocenters. The average Bonchev–Trinajstić information content (AvgIpc) is 2.24. The van der Waals surface area contributed by atoms with Gasteiger partial charge in [-0.25, -0.2) is 4.98 Å². The second kappa shape index (κ2) is 5.98. The number of halogens is 2. The SMILES string of the molecule is C=CCC(N)C(=O)Nc1cnc(Cl)c(Br)c1. The summed E-state index contributed by atoms with van der Waals surface area (Å²) in [5, 5.41) is 2.97. The molecule has 0 spiro atoms. The molecule has 0 aromatic carbocycles. The molecular weight excluding hydrogens is 293 g/mol. The Kier molecular flexibility index (Phi) is 4.92. The Labute approximate surface area is 107 Å². The van der Waals surface area contributed by atoms with E-state index in [0.717, 1.165) is 0 Å². The molecule has 1 aromatic heterocycles. The van der Waals surface area contributed by atoms with Crippen molar-refractivity contribution in [2.75, 3.05) is 5.32 Å². The topological polar surface area (TPSA) is 68.0 Å². The molecule has 0 bridgehead atoms. The van der Waals surface area contributed by atoms with Crippen LogP contribution in [-0.4, -0.2) is 16.9 Å². The summed E-state index contributed by atoms with van der Waals surface area (Å²) >= 11 is 8.93. The van der Waals surface area contributed by atoms with Crippen molar-refractivity contribution in [1.29, 1.82) is 0 Å². The summed E-state index contributed by atoms with van der Waals surface area (Å²) in [6.45, 7) is 3.52. The number of carbonyl (C=O) groups excluding carboxylic acids is 1. The van der Waals surface area contributed by atoms with E-state index in [1.807, 2.05) is 0 Å². The summed E-state index contributed by atoms with van der Waals surface area (Å²) in [6.07, 6.45) is 3.49. The maximum Gasteiger partial charge on any atom is 0.241 e. The molecule has 1 rings (SSSR count). The van der Waals surface area contributed by atoms with Gasteiger partial charge in [0.1, 0.15) is 5.15 Å². The minimum absolute atomic E-state index is 0.282. The van der Waals surface area contributed by atoms with Crippen LogP contribution < -0.4 is 11.1 Å². The highest BCUT2D eigenvalue weighted by Gasteiger charge is 2.12. The zero-order valence-corrected chi connectivity index (χ0v) is 10.8. The first-order valence-electron chi connectivity index (χ1n) is 4.53. The van der Waals surface area contributed by atoms with E-state index < -0.39 is 6.04 Å². The van der Waals surface area contributed by atoms with Crippen LogP contribution in [0.1, 0.15) is 6.42 Å². The lowest BCUT2D eigenvalue weighted by Crippen LogP contribution is -2.35. The van der Waals surface area contributed by atoms with Crippen LogP contribution in [0.2, 0.25) is 5.15 Å². The second-order valence-electron chi connectivity index (χ2n) is 3.12. The number of anilines is 1. The first-order valence-corrected chi connectivity index (χ1v) is 5.70. The molecule has 0 saturated heterocycles. The summed E-state index contributed by atoms with van der Waals surface area (Å²) in [7, 11) is 0. The van der Waals surface area contributed by atoms with E-state index in [-0.39, 0.29) is 5.91 Å². The zero-order valence-electron chi connectivity index (χ0n) is 8.41. The van der Waals surface area contributed by atoms with E-state index in [0.29, 0.717) is 21.7 Å². The number of pyridine rings is 1. The Morgan fingerprint density at radius 3 is 3.06 bits per heavy atom. The normalized spacial score (nSPS) is 11.9. The van der Waals surface area contributed by atoms with E-state index in [9.17, 15) is 4.79 Å². The van der Waals surface area contributed by atoms with E-state index in [1.54, 1.807) is 12.1 Å². The molecule has 6 heteroatoms. The number of nitrogens with zero attached hydrogens (tertiary/aromatic N) is 1. The van der Waals surface area contributed by atoms with Crippen LogP contribution in [0.5, 0.6) is 0 Å². The summed E-state index contributed by atoms with van der Waals surface area (Å²) < 4.78 is 0.615. The van der Waals surface area contributed by atoms with Gasteiger partial charge in [0, 0.05) is 0 Å². The summed E-state index contributed by atoms with van der Waals surface area (Å²) in [4.78, 5) is 15.4. The first kappa shape index (κ1) is 13.2. The zero-order chi connectivity index (χ0) is 12.1. The van der Waals surface area contributed by atoms with Gasteiger partial charge in [0.2, 0.25) is 5.91 Å². The fourth-order valence-electron chi connectivity index (χ4n) is 1.01. The average molecular weight is 305 g/mol. The van der Waals surface area contributed by atoms with Gasteiger partial charge in [-0.3, -0.25) is 4.79 Å². The van der Waals surface area contributed by atoms with Gasteiger partial charge in [-0.05, 0) is 28.4 Å². The molecule has 1 unspecified atom stereocenters. The number of hydrogen-bond donors (Lipinski definition) is 2. The monoisotopic (exact) mass is 303 g/mol. The predicted molar refractivity (Wildman–Crippen MR) is 68.4 cm³/mol. The number of carbonyl (C=O) groups is 1. The quantitative estimate of drug-likeness (QED) is 0.663. The molecule has 0 saturated carbocycles. The Morgan fingerprint density at radius 1 is 1.81 bits per heavy atom. The molecule has 3 N–H and O–H groups in total. The minimum atomic E-state index is -0.605. The Morgan fingerprint density at radius 2 is 2.50 bits per heavy atom. The van der Waals surface area contributed by atoms with Crippen LogP contribution in [0.4, 0.5) is 5.69 Å². The predicted octanol–water partition coefficient (Wildman–Crippen LogP) is 2.34. The van der Waals surface area contributed by atoms with Crippen molar-refractivity contribution in [3.05, 3.63) is 34.5 Å². The van der Waals surface area contributed by atoms with Crippen LogP contribution in [0.15, 0.2) is 29.4 Å². The van der Waals surface area contributed by atoms with E-state index in [4.69, 9.17) is 17.3 Å². The first-order chi connectivity index (χ1) is 7.54. The number of hydrogen-bond acceptors (Lipinski definition) is 3. The van der Waals surface area contributed by atoms with E-state index in [2.05, 4.69) is 32.8 Å². The second-order valence-corrected chi connectivity index (χ2v) is 4.33. The van der Waals surface area contributed by atoms with Gasteiger partial charge in [0.25, 0.3) is 0 Å². The molecule has 0 aliphatic carbocycles. The van der Waals surface area contributed by atoms with Crippen LogP contribution in [0.3, 0.4) is 0 Å². The molecule has 86 valence electrons. The third kappa shape index (κ3) is 3.59. The fourth-order valence-corrected chi connectivity index (χ4v) is 1.46. The van der Waals surface area contributed by atoms with Crippen molar-refractivity contribution in [1.82, 2.24) is 4.98 Å². The molecule has 16 heavy (non-hydrogen) atoms. The van der Waals surface area contributed by atoms with Gasteiger partial charge < -0.3 is 11.1 Å². The number of amides is 1. The van der Waals surface area contributed by atoms with Crippen LogP contribution in [-0.2, 0) is 4.79 Å². The summed E-state index contributed by atoms with van der Waals surface area (Å²) in [5.74, 6) is -0.282. The van der Waals surface area contributed by atoms with Crippen molar-refractivity contribution in [2.45, 2.75) is 12.5 Å². The van der Waals surface area contributed by atoms with Crippen molar-refractivity contribution < 1.29 is 4.79 Å². The Hall–Kier alpha value is -0.910. The summed E-state index contributed by atoms with van der Waals surface area (Å²) in [6, 6.07) is 1.06. The molecule has 0 aliphatic heterocycles. The van der Waals surface area contributed by atoms with Gasteiger partial charge in [-0.1, -0.05) is 17.7 Å². The maximum atomic E-state index is 11.5. The Bertz CT molecular complexity index is 411. The number of nitrogens with two attached hydrogens (primary N) is 1. The minimum Gasteiger partial charge on any atom is -0.323 e. The lowest BCUT2D eigenvalue weighted by Gasteiger charge is -2.10. The van der Waals surface area contributed by atoms with Gasteiger partial charge in [-0.2, -0.15) is 0 Å². The standard InChI is InChI=1S/C10H11BrClN3O/c1-2-3-8(13)10(16)15-6-4-7(11)9(12)14-5-6/h2,4-5,8H,1,3,13H2,(H,15,16).